The SMILES string of the molecule is CC(C)(C)OC(=O)N1CCCC[C@@H]1C[S@](=O)c1nc2cc([N+](=O)[O-])ccc2o1. The number of nitrogens with zero attached hydrogens (tertiary/aromatic N) is 3. The van der Waals surface area contributed by atoms with Gasteiger partial charge in [-0.1, -0.05) is 0 Å². The zero-order chi connectivity index (χ0) is 20.5. The molecule has 2 heterocycles. The first-order valence-corrected chi connectivity index (χ1v) is 10.4. The molecule has 0 aliphatic carbocycles. The predicted molar refractivity (Wildman–Crippen MR) is 103 cm³/mol. The molecular weight excluding hydrogens is 386 g/mol. The van der Waals surface area contributed by atoms with Crippen LogP contribution in [0.4, 0.5) is 10.5 Å². The normalized spacial score (nSPS) is 18.8. The highest BCUT2D eigenvalue weighted by molar-refractivity contribution is 7.84. The highest BCUT2D eigenvalue weighted by atomic mass is 32.2. The molecule has 152 valence electrons. The average Bonchev–Trinajstić information content (AvgIpc) is 3.04. The number of fused-ring (bicyclic) bond motifs is 1. The first-order valence-electron chi connectivity index (χ1n) is 9.07. The summed E-state index contributed by atoms with van der Waals surface area (Å²) in [4.78, 5) is 28.6. The number of amides is 1. The smallest absolute Gasteiger partial charge is 0.410 e. The summed E-state index contributed by atoms with van der Waals surface area (Å²) in [7, 11) is -1.59. The number of benzene rings is 1. The molecule has 1 amide bonds. The summed E-state index contributed by atoms with van der Waals surface area (Å²) in [5, 5.41) is 10.9. The first kappa shape index (κ1) is 20.2. The van der Waals surface area contributed by atoms with Crippen LogP contribution in [0.5, 0.6) is 0 Å². The number of carbonyl (C=O) groups is 1. The summed E-state index contributed by atoms with van der Waals surface area (Å²) in [6.45, 7) is 5.97. The number of piperidine rings is 1. The maximum atomic E-state index is 12.8. The molecule has 0 radical (unpaired) electrons. The monoisotopic (exact) mass is 409 g/mol. The van der Waals surface area contributed by atoms with Crippen LogP contribution in [0.3, 0.4) is 0 Å². The second-order valence-electron chi connectivity index (χ2n) is 7.72. The molecule has 0 saturated carbocycles. The van der Waals surface area contributed by atoms with Gasteiger partial charge in [-0.25, -0.2) is 14.0 Å². The lowest BCUT2D eigenvalue weighted by molar-refractivity contribution is -0.384. The Bertz CT molecular complexity index is 920. The van der Waals surface area contributed by atoms with Gasteiger partial charge in [0.25, 0.3) is 10.9 Å². The number of nitro benzene ring substituents is 1. The van der Waals surface area contributed by atoms with Gasteiger partial charge in [-0.15, -0.1) is 0 Å². The van der Waals surface area contributed by atoms with Crippen molar-refractivity contribution < 1.29 is 23.1 Å². The van der Waals surface area contributed by atoms with Gasteiger partial charge in [-0.2, -0.15) is 0 Å². The van der Waals surface area contributed by atoms with Crippen molar-refractivity contribution in [2.75, 3.05) is 12.3 Å². The zero-order valence-electron chi connectivity index (χ0n) is 16.0. The third-order valence-corrected chi connectivity index (χ3v) is 5.61. The first-order chi connectivity index (χ1) is 13.1. The van der Waals surface area contributed by atoms with E-state index in [2.05, 4.69) is 4.98 Å². The minimum atomic E-state index is -1.59. The highest BCUT2D eigenvalue weighted by Crippen LogP contribution is 2.25. The van der Waals surface area contributed by atoms with E-state index in [-0.39, 0.29) is 28.2 Å². The van der Waals surface area contributed by atoms with Crippen LogP contribution in [-0.4, -0.2) is 49.0 Å². The van der Waals surface area contributed by atoms with E-state index >= 15 is 0 Å². The van der Waals surface area contributed by atoms with Crippen LogP contribution in [0, 0.1) is 10.1 Å². The molecule has 2 aromatic rings. The lowest BCUT2D eigenvalue weighted by Gasteiger charge is -2.36. The van der Waals surface area contributed by atoms with Gasteiger partial charge in [0.2, 0.25) is 0 Å². The number of nitro groups is 1. The molecule has 1 aromatic carbocycles. The lowest BCUT2D eigenvalue weighted by Crippen LogP contribution is -2.48. The highest BCUT2D eigenvalue weighted by Gasteiger charge is 2.32. The number of hydrogen-bond donors (Lipinski definition) is 0. The summed E-state index contributed by atoms with van der Waals surface area (Å²) in [6.07, 6.45) is 2.11. The quantitative estimate of drug-likeness (QED) is 0.559. The largest absolute Gasteiger partial charge is 0.444 e. The zero-order valence-corrected chi connectivity index (χ0v) is 16.9. The molecule has 0 N–H and O–H groups in total. The van der Waals surface area contributed by atoms with Crippen LogP contribution in [0.15, 0.2) is 27.8 Å². The molecule has 2 atom stereocenters. The second-order valence-corrected chi connectivity index (χ2v) is 9.10. The Labute approximate surface area is 164 Å². The number of oxazole rings is 1. The molecule has 9 nitrogen and oxygen atoms in total. The summed E-state index contributed by atoms with van der Waals surface area (Å²) in [5.74, 6) is 0.175. The summed E-state index contributed by atoms with van der Waals surface area (Å²) >= 11 is 0. The van der Waals surface area contributed by atoms with Gasteiger partial charge in [-0.05, 0) is 46.1 Å². The van der Waals surface area contributed by atoms with Crippen LogP contribution < -0.4 is 0 Å². The van der Waals surface area contributed by atoms with Crippen molar-refractivity contribution in [2.45, 2.75) is 56.9 Å². The molecule has 1 aromatic heterocycles. The number of non-ortho nitro benzene ring substituents is 1. The third-order valence-electron chi connectivity index (χ3n) is 4.36. The molecule has 1 aliphatic heterocycles. The molecule has 10 heteroatoms. The Hall–Kier alpha value is -2.49. The Morgan fingerprint density at radius 3 is 2.86 bits per heavy atom. The minimum Gasteiger partial charge on any atom is -0.444 e. The second kappa shape index (κ2) is 7.86. The number of hydrogen-bond acceptors (Lipinski definition) is 7. The number of ether oxygens (including phenoxy) is 1. The Balaban J connectivity index is 1.75. The molecule has 28 heavy (non-hydrogen) atoms. The van der Waals surface area contributed by atoms with E-state index in [4.69, 9.17) is 9.15 Å². The molecule has 0 bridgehead atoms. The van der Waals surface area contributed by atoms with Crippen LogP contribution >= 0.6 is 0 Å². The fourth-order valence-corrected chi connectivity index (χ4v) is 4.31. The molecule has 1 fully saturated rings. The summed E-state index contributed by atoms with van der Waals surface area (Å²) in [5.41, 5.74) is -0.0962. The van der Waals surface area contributed by atoms with Crippen LogP contribution in [0.25, 0.3) is 11.1 Å². The van der Waals surface area contributed by atoms with E-state index < -0.39 is 27.4 Å². The fourth-order valence-electron chi connectivity index (χ4n) is 3.09. The van der Waals surface area contributed by atoms with Crippen molar-refractivity contribution in [3.05, 3.63) is 28.3 Å². The Kier molecular flexibility index (Phi) is 5.69. The number of likely N-dealkylation sites (tertiary alicyclic amines) is 1. The van der Waals surface area contributed by atoms with Gasteiger partial charge < -0.3 is 14.1 Å². The van der Waals surface area contributed by atoms with Gasteiger partial charge in [0.1, 0.15) is 21.9 Å². The number of carbonyl (C=O) groups excluding carboxylic acids is 1. The average molecular weight is 409 g/mol. The topological polar surface area (TPSA) is 116 Å². The minimum absolute atomic E-state index is 0.00482. The molecule has 1 aliphatic rings. The molecule has 1 saturated heterocycles. The number of rotatable bonds is 4. The third kappa shape index (κ3) is 4.67. The van der Waals surface area contributed by atoms with Crippen LogP contribution in [-0.2, 0) is 15.5 Å². The van der Waals surface area contributed by atoms with Gasteiger partial charge in [0.05, 0.1) is 10.7 Å². The van der Waals surface area contributed by atoms with E-state index in [1.807, 2.05) is 0 Å². The van der Waals surface area contributed by atoms with E-state index in [9.17, 15) is 19.1 Å². The van der Waals surface area contributed by atoms with Crippen molar-refractivity contribution in [3.8, 4) is 0 Å². The van der Waals surface area contributed by atoms with Gasteiger partial charge in [0, 0.05) is 24.7 Å². The van der Waals surface area contributed by atoms with E-state index in [0.29, 0.717) is 12.1 Å². The predicted octanol–water partition coefficient (Wildman–Crippen LogP) is 3.63. The maximum absolute atomic E-state index is 12.8. The van der Waals surface area contributed by atoms with Crippen molar-refractivity contribution in [1.82, 2.24) is 9.88 Å². The van der Waals surface area contributed by atoms with Crippen molar-refractivity contribution in [1.29, 1.82) is 0 Å². The fraction of sp³-hybridized carbons (Fsp3) is 0.556. The van der Waals surface area contributed by atoms with Gasteiger partial charge >= 0.3 is 6.09 Å². The standard InChI is InChI=1S/C18H23N3O6S/c1-18(2,3)27-17(22)20-9-5-4-6-13(20)11-28(25)16-19-14-10-12(21(23)24)7-8-15(14)26-16/h7-8,10,13H,4-6,9,11H2,1-3H3/t13-,28+/m1/s1. The lowest BCUT2D eigenvalue weighted by atomic mass is 10.0. The van der Waals surface area contributed by atoms with Crippen LogP contribution in [0.1, 0.15) is 40.0 Å². The maximum Gasteiger partial charge on any atom is 0.410 e. The summed E-state index contributed by atoms with van der Waals surface area (Å²) < 4.78 is 23.8. The van der Waals surface area contributed by atoms with Gasteiger partial charge in [-0.3, -0.25) is 10.1 Å². The van der Waals surface area contributed by atoms with Gasteiger partial charge in [0.15, 0.2) is 5.58 Å². The molecular formula is C18H23N3O6S. The number of aromatic nitrogens is 1. The Morgan fingerprint density at radius 1 is 1.43 bits per heavy atom. The van der Waals surface area contributed by atoms with E-state index in [0.717, 1.165) is 19.3 Å². The van der Waals surface area contributed by atoms with Crippen molar-refractivity contribution >= 4 is 33.7 Å². The molecule has 0 spiro atoms. The Morgan fingerprint density at radius 2 is 2.18 bits per heavy atom. The van der Waals surface area contributed by atoms with Crippen molar-refractivity contribution in [2.24, 2.45) is 0 Å². The van der Waals surface area contributed by atoms with E-state index in [1.54, 1.807) is 25.7 Å². The summed E-state index contributed by atoms with van der Waals surface area (Å²) in [6, 6.07) is 3.79. The molecule has 3 rings (SSSR count). The van der Waals surface area contributed by atoms with Crippen molar-refractivity contribution in [3.63, 3.8) is 0 Å². The molecule has 0 unspecified atom stereocenters. The van der Waals surface area contributed by atoms with E-state index in [1.165, 1.54) is 18.2 Å². The van der Waals surface area contributed by atoms with Crippen LogP contribution in [0.2, 0.25) is 0 Å².